The third kappa shape index (κ3) is 3.65. The number of para-hydroxylation sites is 1. The van der Waals surface area contributed by atoms with Gasteiger partial charge in [-0.2, -0.15) is 0 Å². The minimum atomic E-state index is -4.33. The van der Waals surface area contributed by atoms with E-state index in [9.17, 15) is 18.0 Å². The number of carbonyl (C=O) groups excluding carboxylic acids is 2. The van der Waals surface area contributed by atoms with Crippen LogP contribution in [0.25, 0.3) is 5.70 Å². The molecule has 2 aliphatic rings. The molecule has 6 rings (SSSR count). The lowest BCUT2D eigenvalue weighted by atomic mass is 9.65. The lowest BCUT2D eigenvalue weighted by Gasteiger charge is -2.42. The number of carbonyl (C=O) groups is 2. The first-order chi connectivity index (χ1) is 18.8. The third-order valence-electron chi connectivity index (χ3n) is 7.62. The van der Waals surface area contributed by atoms with Gasteiger partial charge >= 0.3 is 0 Å². The number of nitrogens with zero attached hydrogens (tertiary/aromatic N) is 2. The molecule has 0 bridgehead atoms. The number of rotatable bonds is 4. The van der Waals surface area contributed by atoms with E-state index in [2.05, 4.69) is 0 Å². The summed E-state index contributed by atoms with van der Waals surface area (Å²) in [7, 11) is -2.64. The van der Waals surface area contributed by atoms with Crippen molar-refractivity contribution in [1.29, 1.82) is 0 Å². The van der Waals surface area contributed by atoms with Gasteiger partial charge in [0.15, 0.2) is 0 Å². The standard InChI is InChI=1S/C32H26N2O4S/c1-22-17-19-25(20-18-22)39(37,38)34-28(23-11-5-3-6-12-23)21-32(29(30(34)35)24-13-7-4-8-14-24)26-15-9-10-16-27(26)33(2)31(32)36/h3-21,29H,1-2H3. The van der Waals surface area contributed by atoms with E-state index in [4.69, 9.17) is 0 Å². The Kier molecular flexibility index (Phi) is 5.77. The zero-order chi connectivity index (χ0) is 27.4. The lowest BCUT2D eigenvalue weighted by Crippen LogP contribution is -2.53. The van der Waals surface area contributed by atoms with Gasteiger partial charge in [-0.05, 0) is 47.9 Å². The Morgan fingerprint density at radius 1 is 0.744 bits per heavy atom. The second-order valence-electron chi connectivity index (χ2n) is 9.91. The van der Waals surface area contributed by atoms with E-state index >= 15 is 0 Å². The monoisotopic (exact) mass is 534 g/mol. The van der Waals surface area contributed by atoms with Crippen LogP contribution < -0.4 is 4.90 Å². The second-order valence-corrected chi connectivity index (χ2v) is 11.7. The molecule has 0 saturated carbocycles. The predicted octanol–water partition coefficient (Wildman–Crippen LogP) is 5.27. The molecule has 1 spiro atoms. The maximum Gasteiger partial charge on any atom is 0.270 e. The van der Waals surface area contributed by atoms with Crippen LogP contribution in [0.2, 0.25) is 0 Å². The van der Waals surface area contributed by atoms with Crippen molar-refractivity contribution in [2.24, 2.45) is 0 Å². The SMILES string of the molecule is Cc1ccc(S(=O)(=O)N2C(=O)C(c3ccccc3)C3(C=C2c2ccccc2)C(=O)N(C)c2ccccc23)cc1. The van der Waals surface area contributed by atoms with Gasteiger partial charge in [-0.15, -0.1) is 0 Å². The van der Waals surface area contributed by atoms with Gasteiger partial charge < -0.3 is 4.90 Å². The second kappa shape index (κ2) is 9.06. The van der Waals surface area contributed by atoms with E-state index < -0.39 is 27.3 Å². The average Bonchev–Trinajstić information content (AvgIpc) is 3.16. The van der Waals surface area contributed by atoms with Crippen molar-refractivity contribution in [3.63, 3.8) is 0 Å². The molecule has 2 heterocycles. The number of anilines is 1. The summed E-state index contributed by atoms with van der Waals surface area (Å²) >= 11 is 0. The van der Waals surface area contributed by atoms with Crippen LogP contribution in [-0.4, -0.2) is 31.6 Å². The van der Waals surface area contributed by atoms with Crippen LogP contribution in [0, 0.1) is 6.92 Å². The minimum Gasteiger partial charge on any atom is -0.314 e. The van der Waals surface area contributed by atoms with Gasteiger partial charge in [0.25, 0.3) is 10.0 Å². The van der Waals surface area contributed by atoms with Crippen LogP contribution >= 0.6 is 0 Å². The molecule has 0 aliphatic carbocycles. The number of fused-ring (bicyclic) bond motifs is 2. The van der Waals surface area contributed by atoms with Gasteiger partial charge in [-0.25, -0.2) is 12.7 Å². The van der Waals surface area contributed by atoms with Gasteiger partial charge in [0.2, 0.25) is 11.8 Å². The van der Waals surface area contributed by atoms with E-state index in [0.29, 0.717) is 22.4 Å². The highest BCUT2D eigenvalue weighted by molar-refractivity contribution is 7.90. The highest BCUT2D eigenvalue weighted by atomic mass is 32.2. The number of amides is 2. The minimum absolute atomic E-state index is 0.00121. The first kappa shape index (κ1) is 24.8. The van der Waals surface area contributed by atoms with Crippen LogP contribution in [0.3, 0.4) is 0 Å². The van der Waals surface area contributed by atoms with Crippen molar-refractivity contribution in [3.05, 3.63) is 138 Å². The fourth-order valence-corrected chi connectivity index (χ4v) is 7.20. The molecule has 2 atom stereocenters. The maximum absolute atomic E-state index is 14.8. The van der Waals surface area contributed by atoms with E-state index in [1.807, 2.05) is 43.3 Å². The molecule has 0 aromatic heterocycles. The van der Waals surface area contributed by atoms with Crippen LogP contribution in [-0.2, 0) is 25.0 Å². The summed E-state index contributed by atoms with van der Waals surface area (Å²) in [6.07, 6.45) is 1.69. The predicted molar refractivity (Wildman–Crippen MR) is 150 cm³/mol. The lowest BCUT2D eigenvalue weighted by molar-refractivity contribution is -0.133. The zero-order valence-electron chi connectivity index (χ0n) is 21.5. The van der Waals surface area contributed by atoms with E-state index in [-0.39, 0.29) is 16.5 Å². The van der Waals surface area contributed by atoms with Crippen molar-refractivity contribution in [3.8, 4) is 0 Å². The molecule has 0 radical (unpaired) electrons. The van der Waals surface area contributed by atoms with E-state index in [1.165, 1.54) is 12.1 Å². The Labute approximate surface area is 227 Å². The normalized spacial score (nSPS) is 20.8. The number of hydrogen-bond donors (Lipinski definition) is 0. The molecule has 194 valence electrons. The Morgan fingerprint density at radius 2 is 1.33 bits per heavy atom. The number of aryl methyl sites for hydroxylation is 1. The zero-order valence-corrected chi connectivity index (χ0v) is 22.3. The molecule has 0 saturated heterocycles. The quantitative estimate of drug-likeness (QED) is 0.358. The summed E-state index contributed by atoms with van der Waals surface area (Å²) in [5.41, 5.74) is 2.06. The molecule has 2 unspecified atom stereocenters. The Bertz CT molecular complexity index is 1730. The molecular weight excluding hydrogens is 508 g/mol. The van der Waals surface area contributed by atoms with Crippen molar-refractivity contribution in [2.75, 3.05) is 11.9 Å². The first-order valence-electron chi connectivity index (χ1n) is 12.6. The molecule has 7 heteroatoms. The summed E-state index contributed by atoms with van der Waals surface area (Å²) in [5.74, 6) is -2.07. The summed E-state index contributed by atoms with van der Waals surface area (Å²) in [5, 5.41) is 0. The topological polar surface area (TPSA) is 74.8 Å². The molecule has 4 aromatic carbocycles. The molecule has 4 aromatic rings. The maximum atomic E-state index is 14.8. The summed E-state index contributed by atoms with van der Waals surface area (Å²) in [4.78, 5) is 30.6. The number of hydrogen-bond acceptors (Lipinski definition) is 4. The van der Waals surface area contributed by atoms with Crippen LogP contribution in [0.15, 0.2) is 120 Å². The van der Waals surface area contributed by atoms with E-state index in [1.54, 1.807) is 78.7 Å². The first-order valence-corrected chi connectivity index (χ1v) is 14.1. The average molecular weight is 535 g/mol. The van der Waals surface area contributed by atoms with Crippen LogP contribution in [0.5, 0.6) is 0 Å². The van der Waals surface area contributed by atoms with Crippen molar-refractivity contribution in [1.82, 2.24) is 4.31 Å². The van der Waals surface area contributed by atoms with Gasteiger partial charge in [0.05, 0.1) is 16.5 Å². The number of likely N-dealkylation sites (N-methyl/N-ethyl adjacent to an activating group) is 1. The third-order valence-corrected chi connectivity index (χ3v) is 9.34. The fourth-order valence-electron chi connectivity index (χ4n) is 5.75. The van der Waals surface area contributed by atoms with Gasteiger partial charge in [0, 0.05) is 12.7 Å². The molecule has 2 aliphatic heterocycles. The largest absolute Gasteiger partial charge is 0.314 e. The van der Waals surface area contributed by atoms with Crippen LogP contribution in [0.4, 0.5) is 5.69 Å². The van der Waals surface area contributed by atoms with Gasteiger partial charge in [-0.1, -0.05) is 96.6 Å². The van der Waals surface area contributed by atoms with Crippen molar-refractivity contribution in [2.45, 2.75) is 23.2 Å². The highest BCUT2D eigenvalue weighted by Gasteiger charge is 2.61. The Morgan fingerprint density at radius 3 is 2.00 bits per heavy atom. The summed E-state index contributed by atoms with van der Waals surface area (Å²) in [6.45, 7) is 1.87. The van der Waals surface area contributed by atoms with E-state index in [0.717, 1.165) is 9.87 Å². The van der Waals surface area contributed by atoms with Gasteiger partial charge in [0.1, 0.15) is 5.41 Å². The number of sulfonamides is 1. The Balaban J connectivity index is 1.71. The molecule has 39 heavy (non-hydrogen) atoms. The Hall–Kier alpha value is -4.49. The van der Waals surface area contributed by atoms with Crippen molar-refractivity contribution >= 4 is 33.2 Å². The molecule has 0 fully saturated rings. The fraction of sp³-hybridized carbons (Fsp3) is 0.125. The molecular formula is C32H26N2O4S. The molecule has 2 amide bonds. The van der Waals surface area contributed by atoms with Gasteiger partial charge in [-0.3, -0.25) is 9.59 Å². The molecule has 6 nitrogen and oxygen atoms in total. The summed E-state index contributed by atoms with van der Waals surface area (Å²) < 4.78 is 29.4. The van der Waals surface area contributed by atoms with Crippen LogP contribution in [0.1, 0.15) is 28.2 Å². The summed E-state index contributed by atoms with van der Waals surface area (Å²) in [6, 6.07) is 31.6. The van der Waals surface area contributed by atoms with Crippen molar-refractivity contribution < 1.29 is 18.0 Å². The smallest absolute Gasteiger partial charge is 0.270 e. The number of benzene rings is 4. The molecule has 0 N–H and O–H groups in total. The highest BCUT2D eigenvalue weighted by Crippen LogP contribution is 2.55.